The minimum Gasteiger partial charge on any atom is -0.351 e. The number of rotatable bonds is 5. The molecule has 2 rings (SSSR count). The molecule has 0 saturated heterocycles. The largest absolute Gasteiger partial charge is 0.416 e. The summed E-state index contributed by atoms with van der Waals surface area (Å²) in [6, 6.07) is 9.37. The first-order valence-corrected chi connectivity index (χ1v) is 8.40. The van der Waals surface area contributed by atoms with E-state index in [1.807, 2.05) is 13.0 Å². The van der Waals surface area contributed by atoms with E-state index in [0.717, 1.165) is 22.2 Å². The molecule has 2 nitrogen and oxygen atoms in total. The third kappa shape index (κ3) is 5.04. The van der Waals surface area contributed by atoms with Crippen molar-refractivity contribution in [1.29, 1.82) is 0 Å². The lowest BCUT2D eigenvalue weighted by molar-refractivity contribution is -0.137. The minimum absolute atomic E-state index is 0.202. The highest BCUT2D eigenvalue weighted by Crippen LogP contribution is 2.30. The molecule has 1 N–H and O–H groups in total. The number of carbonyl (C=O) groups excluding carboxylic acids is 1. The fraction of sp³-hybridized carbons (Fsp3) is 0.278. The second kappa shape index (κ2) is 7.99. The van der Waals surface area contributed by atoms with Crippen molar-refractivity contribution in [1.82, 2.24) is 5.32 Å². The quantitative estimate of drug-likeness (QED) is 0.646. The number of carbonyl (C=O) groups is 1. The number of hydrogen-bond acceptors (Lipinski definition) is 1. The van der Waals surface area contributed by atoms with Crippen molar-refractivity contribution in [2.75, 3.05) is 0 Å². The van der Waals surface area contributed by atoms with Crippen LogP contribution in [0.3, 0.4) is 0 Å². The molecular formula is C18H16BrF4NO. The molecule has 0 spiro atoms. The summed E-state index contributed by atoms with van der Waals surface area (Å²) in [7, 11) is 0. The average molecular weight is 418 g/mol. The minimum atomic E-state index is -4.56. The van der Waals surface area contributed by atoms with E-state index >= 15 is 0 Å². The molecule has 0 aliphatic heterocycles. The number of nitrogens with one attached hydrogen (secondary N) is 1. The van der Waals surface area contributed by atoms with Crippen molar-refractivity contribution in [2.45, 2.75) is 32.0 Å². The molecule has 25 heavy (non-hydrogen) atoms. The smallest absolute Gasteiger partial charge is 0.351 e. The summed E-state index contributed by atoms with van der Waals surface area (Å²) in [4.78, 5) is 12.4. The molecule has 0 aliphatic rings. The Kier molecular flexibility index (Phi) is 6.21. The van der Waals surface area contributed by atoms with E-state index in [2.05, 4.69) is 21.2 Å². The van der Waals surface area contributed by atoms with Gasteiger partial charge in [0.05, 0.1) is 11.5 Å². The highest BCUT2D eigenvalue weighted by Gasteiger charge is 2.31. The van der Waals surface area contributed by atoms with E-state index in [1.54, 1.807) is 18.2 Å². The molecule has 134 valence electrons. The first kappa shape index (κ1) is 19.4. The van der Waals surface area contributed by atoms with Crippen molar-refractivity contribution < 1.29 is 22.4 Å². The van der Waals surface area contributed by atoms with Crippen LogP contribution in [-0.2, 0) is 17.5 Å². The molecule has 0 aromatic heterocycles. The molecule has 1 atom stereocenters. The maximum absolute atomic E-state index is 13.7. The van der Waals surface area contributed by atoms with Crippen LogP contribution in [0, 0.1) is 5.82 Å². The molecule has 0 saturated carbocycles. The zero-order valence-electron chi connectivity index (χ0n) is 13.3. The van der Waals surface area contributed by atoms with Crippen LogP contribution in [0.15, 0.2) is 46.9 Å². The molecule has 2 aromatic rings. The molecule has 7 heteroatoms. The second-order valence-corrected chi connectivity index (χ2v) is 6.45. The van der Waals surface area contributed by atoms with Gasteiger partial charge in [-0.15, -0.1) is 0 Å². The van der Waals surface area contributed by atoms with Gasteiger partial charge in [-0.2, -0.15) is 13.2 Å². The fourth-order valence-electron chi connectivity index (χ4n) is 2.49. The maximum Gasteiger partial charge on any atom is 0.416 e. The van der Waals surface area contributed by atoms with Crippen LogP contribution in [0.5, 0.6) is 0 Å². The zero-order chi connectivity index (χ0) is 18.6. The first-order valence-electron chi connectivity index (χ1n) is 7.61. The van der Waals surface area contributed by atoms with Crippen LogP contribution in [0.1, 0.15) is 36.0 Å². The zero-order valence-corrected chi connectivity index (χ0v) is 14.9. The molecule has 0 fully saturated rings. The molecule has 1 amide bonds. The van der Waals surface area contributed by atoms with E-state index in [4.69, 9.17) is 0 Å². The Morgan fingerprint density at radius 2 is 1.92 bits per heavy atom. The van der Waals surface area contributed by atoms with E-state index in [9.17, 15) is 22.4 Å². The highest BCUT2D eigenvalue weighted by atomic mass is 79.9. The number of amides is 1. The Morgan fingerprint density at radius 3 is 2.52 bits per heavy atom. The Labute approximate surface area is 151 Å². The molecule has 0 unspecified atom stereocenters. The van der Waals surface area contributed by atoms with E-state index in [-0.39, 0.29) is 18.0 Å². The van der Waals surface area contributed by atoms with Crippen LogP contribution in [-0.4, -0.2) is 5.91 Å². The number of benzene rings is 2. The molecule has 2 aromatic carbocycles. The average Bonchev–Trinajstić information content (AvgIpc) is 2.53. The van der Waals surface area contributed by atoms with Gasteiger partial charge >= 0.3 is 6.18 Å². The Hall–Kier alpha value is -1.89. The normalized spacial score (nSPS) is 12.7. The van der Waals surface area contributed by atoms with Gasteiger partial charge in [-0.3, -0.25) is 4.79 Å². The monoisotopic (exact) mass is 417 g/mol. The molecule has 0 aliphatic carbocycles. The standard InChI is InChI=1S/C18H16BrF4NO/c1-2-15(11-4-3-5-14(19)9-11)17(25)24-10-12-8-13(18(21,22)23)6-7-16(12)20/h3-9,15H,2,10H2,1H3,(H,24,25)/t15-/m0/s1. The predicted molar refractivity (Wildman–Crippen MR) is 90.4 cm³/mol. The lowest BCUT2D eigenvalue weighted by Gasteiger charge is -2.16. The highest BCUT2D eigenvalue weighted by molar-refractivity contribution is 9.10. The van der Waals surface area contributed by atoms with E-state index in [1.165, 1.54) is 0 Å². The van der Waals surface area contributed by atoms with Gasteiger partial charge in [0.1, 0.15) is 5.82 Å². The van der Waals surface area contributed by atoms with Gasteiger partial charge < -0.3 is 5.32 Å². The summed E-state index contributed by atoms with van der Waals surface area (Å²) in [5.74, 6) is -1.62. The molecule has 0 radical (unpaired) electrons. The topological polar surface area (TPSA) is 29.1 Å². The Morgan fingerprint density at radius 1 is 1.20 bits per heavy atom. The lowest BCUT2D eigenvalue weighted by atomic mass is 9.95. The van der Waals surface area contributed by atoms with Gasteiger partial charge in [0.2, 0.25) is 5.91 Å². The summed E-state index contributed by atoms with van der Waals surface area (Å²) in [5, 5.41) is 2.53. The van der Waals surface area contributed by atoms with Gasteiger partial charge in [0, 0.05) is 16.6 Å². The molecule has 0 heterocycles. The number of halogens is 5. The third-order valence-corrected chi connectivity index (χ3v) is 4.30. The summed E-state index contributed by atoms with van der Waals surface area (Å²) in [6.45, 7) is 1.52. The first-order chi connectivity index (χ1) is 11.7. The van der Waals surface area contributed by atoms with Crippen LogP contribution in [0.4, 0.5) is 17.6 Å². The number of hydrogen-bond donors (Lipinski definition) is 1. The van der Waals surface area contributed by atoms with Gasteiger partial charge in [-0.1, -0.05) is 35.0 Å². The molecular weight excluding hydrogens is 402 g/mol. The summed E-state index contributed by atoms with van der Waals surface area (Å²) >= 11 is 3.33. The van der Waals surface area contributed by atoms with Gasteiger partial charge in [0.25, 0.3) is 0 Å². The summed E-state index contributed by atoms with van der Waals surface area (Å²) in [6.07, 6.45) is -4.05. The Bertz CT molecular complexity index is 761. The van der Waals surface area contributed by atoms with Crippen molar-refractivity contribution in [3.63, 3.8) is 0 Å². The van der Waals surface area contributed by atoms with Crippen molar-refractivity contribution in [2.24, 2.45) is 0 Å². The van der Waals surface area contributed by atoms with Crippen LogP contribution >= 0.6 is 15.9 Å². The third-order valence-electron chi connectivity index (χ3n) is 3.80. The maximum atomic E-state index is 13.7. The van der Waals surface area contributed by atoms with Gasteiger partial charge in [-0.25, -0.2) is 4.39 Å². The number of alkyl halides is 3. The lowest BCUT2D eigenvalue weighted by Crippen LogP contribution is -2.29. The van der Waals surface area contributed by atoms with E-state index < -0.39 is 23.5 Å². The van der Waals surface area contributed by atoms with Gasteiger partial charge in [-0.05, 0) is 42.3 Å². The fourth-order valence-corrected chi connectivity index (χ4v) is 2.90. The SMILES string of the molecule is CC[C@H](C(=O)NCc1cc(C(F)(F)F)ccc1F)c1cccc(Br)c1. The van der Waals surface area contributed by atoms with Crippen LogP contribution in [0.2, 0.25) is 0 Å². The summed E-state index contributed by atoms with van der Waals surface area (Å²) in [5.41, 5.74) is -0.372. The van der Waals surface area contributed by atoms with Crippen LogP contribution in [0.25, 0.3) is 0 Å². The van der Waals surface area contributed by atoms with Crippen molar-refractivity contribution in [3.8, 4) is 0 Å². The van der Waals surface area contributed by atoms with E-state index in [0.29, 0.717) is 12.5 Å². The predicted octanol–water partition coefficient (Wildman–Crippen LogP) is 5.42. The Balaban J connectivity index is 2.13. The van der Waals surface area contributed by atoms with Crippen molar-refractivity contribution in [3.05, 3.63) is 69.4 Å². The summed E-state index contributed by atoms with van der Waals surface area (Å²) < 4.78 is 52.7. The van der Waals surface area contributed by atoms with Crippen LogP contribution < -0.4 is 5.32 Å². The molecule has 0 bridgehead atoms. The van der Waals surface area contributed by atoms with Crippen molar-refractivity contribution >= 4 is 21.8 Å². The second-order valence-electron chi connectivity index (χ2n) is 5.54. The van der Waals surface area contributed by atoms with Gasteiger partial charge in [0.15, 0.2) is 0 Å².